The number of para-hydroxylation sites is 1. The number of rotatable bonds is 5. The minimum atomic E-state index is -3.58. The number of nitro benzene ring substituents is 1. The molecule has 0 heterocycles. The average Bonchev–Trinajstić information content (AvgIpc) is 2.43. The van der Waals surface area contributed by atoms with Gasteiger partial charge in [-0.25, -0.2) is 4.57 Å². The van der Waals surface area contributed by atoms with Crippen LogP contribution in [0.2, 0.25) is 0 Å². The number of hydrogen-bond donors (Lipinski definition) is 0. The van der Waals surface area contributed by atoms with Crippen molar-refractivity contribution in [1.82, 2.24) is 0 Å². The normalized spacial score (nSPS) is 13.2. The van der Waals surface area contributed by atoms with Crippen molar-refractivity contribution in [1.29, 1.82) is 0 Å². The second-order valence-corrected chi connectivity index (χ2v) is 7.31. The third-order valence-electron chi connectivity index (χ3n) is 3.24. The molecule has 0 spiro atoms. The summed E-state index contributed by atoms with van der Waals surface area (Å²) >= 11 is 0. The molecule has 0 N–H and O–H groups in total. The van der Waals surface area contributed by atoms with E-state index in [-0.39, 0.29) is 11.4 Å². The third-order valence-corrected chi connectivity index (χ3v) is 4.28. The Morgan fingerprint density at radius 3 is 2.35 bits per heavy atom. The third kappa shape index (κ3) is 4.11. The predicted octanol–water partition coefficient (Wildman–Crippen LogP) is 4.80. The molecule has 0 unspecified atom stereocenters. The van der Waals surface area contributed by atoms with Crippen molar-refractivity contribution < 1.29 is 18.5 Å². The summed E-state index contributed by atoms with van der Waals surface area (Å²) in [5, 5.41) is 11.1. The van der Waals surface area contributed by atoms with Gasteiger partial charge in [0.25, 0.3) is 0 Å². The van der Waals surface area contributed by atoms with Gasteiger partial charge in [-0.15, -0.1) is 0 Å². The van der Waals surface area contributed by atoms with Gasteiger partial charge in [0.05, 0.1) is 11.6 Å². The zero-order chi connectivity index (χ0) is 17.2. The van der Waals surface area contributed by atoms with E-state index < -0.39 is 12.5 Å². The molecule has 2 aromatic carbocycles. The molecule has 0 aliphatic heterocycles. The van der Waals surface area contributed by atoms with Gasteiger partial charge in [0.1, 0.15) is 5.75 Å². The molecule has 6 nitrogen and oxygen atoms in total. The fourth-order valence-electron chi connectivity index (χ4n) is 2.16. The number of benzene rings is 2. The highest BCUT2D eigenvalue weighted by atomic mass is 31.2. The topological polar surface area (TPSA) is 78.7 Å². The van der Waals surface area contributed by atoms with Crippen LogP contribution in [0, 0.1) is 30.9 Å². The van der Waals surface area contributed by atoms with Crippen LogP contribution in [0.4, 0.5) is 5.69 Å². The zero-order valence-electron chi connectivity index (χ0n) is 13.4. The molecule has 2 aromatic rings. The molecule has 1 atom stereocenters. The number of nitrogens with zero attached hydrogens (tertiary/aromatic N) is 1. The van der Waals surface area contributed by atoms with Gasteiger partial charge in [-0.05, 0) is 38.0 Å². The second-order valence-electron chi connectivity index (χ2n) is 5.40. The van der Waals surface area contributed by atoms with Crippen molar-refractivity contribution >= 4 is 13.3 Å². The summed E-state index contributed by atoms with van der Waals surface area (Å²) in [5.41, 5.74) is 2.15. The van der Waals surface area contributed by atoms with Gasteiger partial charge in [0.2, 0.25) is 5.75 Å². The Hall–Kier alpha value is -2.33. The Labute approximate surface area is 134 Å². The molecule has 0 radical (unpaired) electrons. The van der Waals surface area contributed by atoms with E-state index in [0.717, 1.165) is 11.1 Å². The van der Waals surface area contributed by atoms with E-state index >= 15 is 0 Å². The Morgan fingerprint density at radius 2 is 1.74 bits per heavy atom. The first-order valence-corrected chi connectivity index (χ1v) is 8.96. The molecule has 2 rings (SSSR count). The molecule has 122 valence electrons. The molecule has 0 aliphatic carbocycles. The van der Waals surface area contributed by atoms with Gasteiger partial charge >= 0.3 is 13.3 Å². The second kappa shape index (κ2) is 6.42. The predicted molar refractivity (Wildman–Crippen MR) is 88.5 cm³/mol. The molecule has 0 fully saturated rings. The molecule has 7 heteroatoms. The van der Waals surface area contributed by atoms with Crippen molar-refractivity contribution in [2.75, 3.05) is 6.66 Å². The average molecular weight is 335 g/mol. The first-order chi connectivity index (χ1) is 10.7. The van der Waals surface area contributed by atoms with Gasteiger partial charge in [0.15, 0.2) is 0 Å². The molecule has 23 heavy (non-hydrogen) atoms. The summed E-state index contributed by atoms with van der Waals surface area (Å²) in [4.78, 5) is 10.5. The molecular formula is C16H18NO5P. The Bertz CT molecular complexity index is 803. The van der Waals surface area contributed by atoms with Crippen molar-refractivity contribution in [3.8, 4) is 11.5 Å². The first kappa shape index (κ1) is 17.0. The Kier molecular flexibility index (Phi) is 4.76. The lowest BCUT2D eigenvalue weighted by molar-refractivity contribution is -0.385. The van der Waals surface area contributed by atoms with Crippen LogP contribution >= 0.6 is 7.60 Å². The maximum atomic E-state index is 12.6. The quantitative estimate of drug-likeness (QED) is 0.445. The molecule has 0 saturated carbocycles. The molecule has 0 aromatic heterocycles. The lowest BCUT2D eigenvalue weighted by Crippen LogP contribution is -2.03. The summed E-state index contributed by atoms with van der Waals surface area (Å²) in [6, 6.07) is 9.94. The van der Waals surface area contributed by atoms with E-state index in [1.165, 1.54) is 12.7 Å². The minimum absolute atomic E-state index is 0.0342. The highest BCUT2D eigenvalue weighted by Crippen LogP contribution is 2.48. The van der Waals surface area contributed by atoms with Gasteiger partial charge in [-0.2, -0.15) is 0 Å². The zero-order valence-corrected chi connectivity index (χ0v) is 14.3. The number of nitro groups is 1. The lowest BCUT2D eigenvalue weighted by atomic mass is 10.1. The summed E-state index contributed by atoms with van der Waals surface area (Å²) in [6.07, 6.45) is 0. The van der Waals surface area contributed by atoms with E-state index in [1.807, 2.05) is 26.0 Å². The van der Waals surface area contributed by atoms with Crippen LogP contribution in [0.5, 0.6) is 11.5 Å². The highest BCUT2D eigenvalue weighted by molar-refractivity contribution is 7.53. The first-order valence-electron chi connectivity index (χ1n) is 6.97. The number of aryl methyl sites for hydroxylation is 3. The van der Waals surface area contributed by atoms with Crippen LogP contribution in [0.15, 0.2) is 36.4 Å². The number of hydrogen-bond acceptors (Lipinski definition) is 5. The molecular weight excluding hydrogens is 317 g/mol. The van der Waals surface area contributed by atoms with E-state index in [9.17, 15) is 14.7 Å². The standard InChI is InChI=1S/C16H18NO5P/c1-11-8-9-15(13(3)10-11)21-23(4,20)22-16-12(2)6-5-7-14(16)17(18)19/h5-10H,1-4H3/t23-/m1/s1. The maximum absolute atomic E-state index is 12.6. The van der Waals surface area contributed by atoms with E-state index in [0.29, 0.717) is 11.3 Å². The fourth-order valence-corrected chi connectivity index (χ4v) is 3.33. The van der Waals surface area contributed by atoms with Gasteiger partial charge in [-0.1, -0.05) is 29.8 Å². The monoisotopic (exact) mass is 335 g/mol. The van der Waals surface area contributed by atoms with Crippen LogP contribution < -0.4 is 9.05 Å². The molecule has 0 bridgehead atoms. The van der Waals surface area contributed by atoms with E-state index in [1.54, 1.807) is 25.1 Å². The summed E-state index contributed by atoms with van der Waals surface area (Å²) < 4.78 is 23.5. The SMILES string of the molecule is Cc1ccc(O[P@@](C)(=O)Oc2c(C)cccc2[N+](=O)[O-])c(C)c1. The van der Waals surface area contributed by atoms with Gasteiger partial charge in [-0.3, -0.25) is 10.1 Å². The van der Waals surface area contributed by atoms with Crippen LogP contribution in [0.25, 0.3) is 0 Å². The fraction of sp³-hybridized carbons (Fsp3) is 0.250. The van der Waals surface area contributed by atoms with E-state index in [4.69, 9.17) is 9.05 Å². The molecule has 0 aliphatic rings. The smallest absolute Gasteiger partial charge is 0.416 e. The van der Waals surface area contributed by atoms with Crippen molar-refractivity contribution in [3.63, 3.8) is 0 Å². The van der Waals surface area contributed by atoms with Crippen molar-refractivity contribution in [2.24, 2.45) is 0 Å². The highest BCUT2D eigenvalue weighted by Gasteiger charge is 2.27. The lowest BCUT2D eigenvalue weighted by Gasteiger charge is -2.18. The van der Waals surface area contributed by atoms with E-state index in [2.05, 4.69) is 0 Å². The summed E-state index contributed by atoms with van der Waals surface area (Å²) in [5.74, 6) is 0.394. The van der Waals surface area contributed by atoms with Crippen molar-refractivity contribution in [3.05, 3.63) is 63.2 Å². The van der Waals surface area contributed by atoms with Gasteiger partial charge < -0.3 is 9.05 Å². The van der Waals surface area contributed by atoms with Crippen molar-refractivity contribution in [2.45, 2.75) is 20.8 Å². The Balaban J connectivity index is 2.32. The molecule has 0 amide bonds. The van der Waals surface area contributed by atoms with Crippen LogP contribution in [0.3, 0.4) is 0 Å². The summed E-state index contributed by atoms with van der Waals surface area (Å²) in [6.45, 7) is 6.72. The summed E-state index contributed by atoms with van der Waals surface area (Å²) in [7, 11) is -3.58. The largest absolute Gasteiger partial charge is 0.427 e. The Morgan fingerprint density at radius 1 is 1.04 bits per heavy atom. The van der Waals surface area contributed by atoms with Crippen LogP contribution in [0.1, 0.15) is 16.7 Å². The van der Waals surface area contributed by atoms with Crippen LogP contribution in [-0.4, -0.2) is 11.6 Å². The minimum Gasteiger partial charge on any atom is -0.416 e. The maximum Gasteiger partial charge on any atom is 0.427 e. The van der Waals surface area contributed by atoms with Gasteiger partial charge in [0, 0.05) is 6.07 Å². The van der Waals surface area contributed by atoms with Crippen LogP contribution in [-0.2, 0) is 4.57 Å². The molecule has 0 saturated heterocycles.